The van der Waals surface area contributed by atoms with Gasteiger partial charge in [-0.1, -0.05) is 0 Å². The molecule has 5 heteroatoms. The molecule has 0 saturated heterocycles. The molecule has 0 atom stereocenters. The summed E-state index contributed by atoms with van der Waals surface area (Å²) in [6, 6.07) is 5.99. The van der Waals surface area contributed by atoms with Gasteiger partial charge in [-0.2, -0.15) is 0 Å². The summed E-state index contributed by atoms with van der Waals surface area (Å²) in [6.07, 6.45) is 3.32. The number of H-pyrrole nitrogens is 1. The van der Waals surface area contributed by atoms with Crippen LogP contribution in [0.4, 0.5) is 10.1 Å². The molecule has 84 valence electrons. The van der Waals surface area contributed by atoms with E-state index >= 15 is 0 Å². The quantitative estimate of drug-likeness (QED) is 0.628. The third-order valence-corrected chi connectivity index (χ3v) is 2.55. The molecule has 3 N–H and O–H groups in total. The molecule has 0 fully saturated rings. The van der Waals surface area contributed by atoms with Gasteiger partial charge >= 0.3 is 0 Å². The maximum atomic E-state index is 13.2. The average Bonchev–Trinajstić information content (AvgIpc) is 2.75. The number of nitrogen functional groups attached to an aromatic ring is 1. The highest BCUT2D eigenvalue weighted by Gasteiger charge is 2.09. The average molecular weight is 228 g/mol. The van der Waals surface area contributed by atoms with Crippen molar-refractivity contribution in [3.63, 3.8) is 0 Å². The second-order valence-corrected chi connectivity index (χ2v) is 3.71. The van der Waals surface area contributed by atoms with Crippen molar-refractivity contribution in [1.82, 2.24) is 15.0 Å². The van der Waals surface area contributed by atoms with Gasteiger partial charge in [0.2, 0.25) is 0 Å². The lowest BCUT2D eigenvalue weighted by Gasteiger charge is -2.01. The summed E-state index contributed by atoms with van der Waals surface area (Å²) >= 11 is 0. The molecule has 0 radical (unpaired) electrons. The summed E-state index contributed by atoms with van der Waals surface area (Å²) in [7, 11) is 0. The lowest BCUT2D eigenvalue weighted by molar-refractivity contribution is 0.628. The van der Waals surface area contributed by atoms with Gasteiger partial charge in [0.15, 0.2) is 0 Å². The molecule has 17 heavy (non-hydrogen) atoms. The molecule has 4 nitrogen and oxygen atoms in total. The number of aromatic nitrogens is 3. The van der Waals surface area contributed by atoms with E-state index in [0.29, 0.717) is 17.1 Å². The lowest BCUT2D eigenvalue weighted by Crippen LogP contribution is -1.92. The molecule has 0 unspecified atom stereocenters. The Hall–Kier alpha value is -2.43. The van der Waals surface area contributed by atoms with Gasteiger partial charge in [-0.25, -0.2) is 9.37 Å². The Labute approximate surface area is 96.3 Å². The highest BCUT2D eigenvalue weighted by atomic mass is 19.1. The largest absolute Gasteiger partial charge is 0.398 e. The van der Waals surface area contributed by atoms with Crippen LogP contribution in [0.25, 0.3) is 22.4 Å². The number of halogens is 1. The van der Waals surface area contributed by atoms with Crippen molar-refractivity contribution >= 4 is 16.7 Å². The zero-order chi connectivity index (χ0) is 11.8. The van der Waals surface area contributed by atoms with Crippen molar-refractivity contribution in [3.8, 4) is 11.4 Å². The van der Waals surface area contributed by atoms with E-state index in [4.69, 9.17) is 5.73 Å². The van der Waals surface area contributed by atoms with Crippen LogP contribution in [0.15, 0.2) is 36.7 Å². The third kappa shape index (κ3) is 1.61. The zero-order valence-corrected chi connectivity index (χ0v) is 8.81. The minimum absolute atomic E-state index is 0.340. The molecule has 0 saturated carbocycles. The van der Waals surface area contributed by atoms with Crippen molar-refractivity contribution in [2.75, 3.05) is 5.73 Å². The lowest BCUT2D eigenvalue weighted by atomic mass is 10.1. The van der Waals surface area contributed by atoms with E-state index in [9.17, 15) is 4.39 Å². The maximum absolute atomic E-state index is 13.2. The molecule has 0 aliphatic rings. The Morgan fingerprint density at radius 1 is 1.24 bits per heavy atom. The molecule has 3 rings (SSSR count). The van der Waals surface area contributed by atoms with Gasteiger partial charge in [0.25, 0.3) is 0 Å². The van der Waals surface area contributed by atoms with E-state index in [-0.39, 0.29) is 5.82 Å². The number of nitrogens with two attached hydrogens (primary N) is 1. The maximum Gasteiger partial charge on any atom is 0.140 e. The number of rotatable bonds is 1. The summed E-state index contributed by atoms with van der Waals surface area (Å²) in [5, 5.41) is 0. The number of nitrogens with one attached hydrogen (secondary N) is 1. The summed E-state index contributed by atoms with van der Waals surface area (Å²) in [5.74, 6) is 0.206. The summed E-state index contributed by atoms with van der Waals surface area (Å²) in [4.78, 5) is 11.4. The number of imidazole rings is 1. The normalized spacial score (nSPS) is 10.9. The van der Waals surface area contributed by atoms with Gasteiger partial charge in [0.05, 0.1) is 17.2 Å². The molecule has 0 spiro atoms. The monoisotopic (exact) mass is 228 g/mol. The van der Waals surface area contributed by atoms with Crippen LogP contribution in [0, 0.1) is 5.82 Å². The number of hydrogen-bond acceptors (Lipinski definition) is 3. The molecule has 0 bridgehead atoms. The van der Waals surface area contributed by atoms with Gasteiger partial charge in [0.1, 0.15) is 11.6 Å². The van der Waals surface area contributed by atoms with E-state index in [1.54, 1.807) is 18.5 Å². The first-order chi connectivity index (χ1) is 8.24. The van der Waals surface area contributed by atoms with Crippen molar-refractivity contribution in [2.24, 2.45) is 0 Å². The van der Waals surface area contributed by atoms with Crippen molar-refractivity contribution < 1.29 is 4.39 Å². The fourth-order valence-corrected chi connectivity index (χ4v) is 1.72. The van der Waals surface area contributed by atoms with Gasteiger partial charge in [0, 0.05) is 17.4 Å². The van der Waals surface area contributed by atoms with E-state index in [0.717, 1.165) is 11.0 Å². The second kappa shape index (κ2) is 3.55. The van der Waals surface area contributed by atoms with Crippen LogP contribution in [0.3, 0.4) is 0 Å². The molecule has 0 aliphatic heterocycles. The number of pyridine rings is 1. The minimum atomic E-state index is -0.340. The summed E-state index contributed by atoms with van der Waals surface area (Å²) in [6.45, 7) is 0. The van der Waals surface area contributed by atoms with Crippen LogP contribution in [0.1, 0.15) is 0 Å². The number of fused-ring (bicyclic) bond motifs is 1. The van der Waals surface area contributed by atoms with E-state index in [2.05, 4.69) is 15.0 Å². The smallest absolute Gasteiger partial charge is 0.140 e. The van der Waals surface area contributed by atoms with Crippen LogP contribution in [-0.4, -0.2) is 15.0 Å². The number of hydrogen-bond donors (Lipinski definition) is 2. The van der Waals surface area contributed by atoms with Gasteiger partial charge in [-0.05, 0) is 24.3 Å². The van der Waals surface area contributed by atoms with Gasteiger partial charge < -0.3 is 10.7 Å². The van der Waals surface area contributed by atoms with Crippen LogP contribution in [0.5, 0.6) is 0 Å². The molecule has 0 amide bonds. The van der Waals surface area contributed by atoms with Gasteiger partial charge in [-0.3, -0.25) is 4.98 Å². The van der Waals surface area contributed by atoms with E-state index in [1.165, 1.54) is 18.2 Å². The third-order valence-electron chi connectivity index (χ3n) is 2.55. The first-order valence-corrected chi connectivity index (χ1v) is 5.09. The molecule has 2 aromatic heterocycles. The van der Waals surface area contributed by atoms with Crippen molar-refractivity contribution in [2.45, 2.75) is 0 Å². The molecule has 3 aromatic rings. The van der Waals surface area contributed by atoms with Crippen LogP contribution in [0.2, 0.25) is 0 Å². The van der Waals surface area contributed by atoms with Gasteiger partial charge in [-0.15, -0.1) is 0 Å². The fourth-order valence-electron chi connectivity index (χ4n) is 1.72. The molecule has 0 aliphatic carbocycles. The van der Waals surface area contributed by atoms with Crippen LogP contribution < -0.4 is 5.73 Å². The number of anilines is 1. The fraction of sp³-hybridized carbons (Fsp3) is 0. The van der Waals surface area contributed by atoms with Crippen molar-refractivity contribution in [1.29, 1.82) is 0 Å². The predicted molar refractivity (Wildman–Crippen MR) is 63.7 cm³/mol. The molecular weight excluding hydrogens is 219 g/mol. The molecular formula is C12H9FN4. The Bertz CT molecular complexity index is 657. The zero-order valence-electron chi connectivity index (χ0n) is 8.81. The number of nitrogens with zero attached hydrogens (tertiary/aromatic N) is 2. The Kier molecular flexibility index (Phi) is 2.04. The Morgan fingerprint density at radius 2 is 2.12 bits per heavy atom. The minimum Gasteiger partial charge on any atom is -0.398 e. The Balaban J connectivity index is 2.23. The van der Waals surface area contributed by atoms with E-state index < -0.39 is 0 Å². The van der Waals surface area contributed by atoms with Crippen LogP contribution in [-0.2, 0) is 0 Å². The molecule has 1 aromatic carbocycles. The standard InChI is InChI=1S/C12H9FN4/c13-7-1-2-9(14)8(5-7)12-16-10-3-4-15-6-11(10)17-12/h1-6H,14H2,(H,16,17). The highest BCUT2D eigenvalue weighted by molar-refractivity contribution is 5.81. The first kappa shape index (κ1) is 9.77. The number of aromatic amines is 1. The predicted octanol–water partition coefficient (Wildman–Crippen LogP) is 2.35. The highest BCUT2D eigenvalue weighted by Crippen LogP contribution is 2.25. The van der Waals surface area contributed by atoms with Crippen molar-refractivity contribution in [3.05, 3.63) is 42.5 Å². The molecule has 2 heterocycles. The Morgan fingerprint density at radius 3 is 2.94 bits per heavy atom. The summed E-state index contributed by atoms with van der Waals surface area (Å²) < 4.78 is 13.2. The first-order valence-electron chi connectivity index (χ1n) is 5.09. The number of benzene rings is 1. The topological polar surface area (TPSA) is 67.6 Å². The second-order valence-electron chi connectivity index (χ2n) is 3.71. The van der Waals surface area contributed by atoms with Crippen LogP contribution >= 0.6 is 0 Å². The SMILES string of the molecule is Nc1ccc(F)cc1-c1nc2ccncc2[nH]1. The van der Waals surface area contributed by atoms with E-state index in [1.807, 2.05) is 0 Å². The summed E-state index contributed by atoms with van der Waals surface area (Å²) in [5.41, 5.74) is 8.42.